The van der Waals surface area contributed by atoms with Gasteiger partial charge >= 0.3 is 0 Å². The van der Waals surface area contributed by atoms with E-state index in [0.717, 1.165) is 18.4 Å². The van der Waals surface area contributed by atoms with Gasteiger partial charge in [0.25, 0.3) is 0 Å². The van der Waals surface area contributed by atoms with Crippen LogP contribution < -0.4 is 9.47 Å². The van der Waals surface area contributed by atoms with Gasteiger partial charge in [-0.05, 0) is 31.5 Å². The lowest BCUT2D eigenvalue weighted by Crippen LogP contribution is -2.22. The SMILES string of the molecule is C=Cc1ccc(OC(CC)OCC)c(OC(CC)OCC)c1. The Kier molecular flexibility index (Phi) is 8.63. The molecule has 0 aliphatic rings. The Morgan fingerprint density at radius 3 is 1.91 bits per heavy atom. The highest BCUT2D eigenvalue weighted by atomic mass is 16.7. The van der Waals surface area contributed by atoms with Crippen LogP contribution in [-0.4, -0.2) is 25.8 Å². The minimum Gasteiger partial charge on any atom is -0.461 e. The monoisotopic (exact) mass is 308 g/mol. The van der Waals surface area contributed by atoms with E-state index in [2.05, 4.69) is 6.58 Å². The molecule has 1 aromatic rings. The van der Waals surface area contributed by atoms with E-state index in [1.165, 1.54) is 0 Å². The van der Waals surface area contributed by atoms with E-state index in [0.29, 0.717) is 24.7 Å². The van der Waals surface area contributed by atoms with Crippen LogP contribution in [0, 0.1) is 0 Å². The van der Waals surface area contributed by atoms with E-state index in [9.17, 15) is 0 Å². The zero-order valence-corrected chi connectivity index (χ0v) is 14.1. The van der Waals surface area contributed by atoms with Crippen LogP contribution in [-0.2, 0) is 9.47 Å². The van der Waals surface area contributed by atoms with Crippen molar-refractivity contribution in [2.45, 2.75) is 53.1 Å². The van der Waals surface area contributed by atoms with Gasteiger partial charge in [0, 0.05) is 26.1 Å². The molecule has 0 aliphatic heterocycles. The van der Waals surface area contributed by atoms with Gasteiger partial charge in [-0.15, -0.1) is 0 Å². The maximum atomic E-state index is 5.95. The highest BCUT2D eigenvalue weighted by molar-refractivity contribution is 5.54. The Labute approximate surface area is 134 Å². The summed E-state index contributed by atoms with van der Waals surface area (Å²) in [7, 11) is 0. The maximum absolute atomic E-state index is 5.95. The predicted octanol–water partition coefficient (Wildman–Crippen LogP) is 4.63. The zero-order chi connectivity index (χ0) is 16.4. The smallest absolute Gasteiger partial charge is 0.199 e. The lowest BCUT2D eigenvalue weighted by molar-refractivity contribution is -0.0914. The van der Waals surface area contributed by atoms with Crippen molar-refractivity contribution in [3.8, 4) is 11.5 Å². The molecule has 1 rings (SSSR count). The Hall–Kier alpha value is -1.52. The summed E-state index contributed by atoms with van der Waals surface area (Å²) >= 11 is 0. The molecule has 0 amide bonds. The van der Waals surface area contributed by atoms with Crippen LogP contribution in [0.1, 0.15) is 46.1 Å². The summed E-state index contributed by atoms with van der Waals surface area (Å²) in [6.07, 6.45) is 2.72. The molecule has 4 nitrogen and oxygen atoms in total. The van der Waals surface area contributed by atoms with Gasteiger partial charge in [-0.3, -0.25) is 0 Å². The van der Waals surface area contributed by atoms with Crippen LogP contribution >= 0.6 is 0 Å². The average molecular weight is 308 g/mol. The molecule has 1 aromatic carbocycles. The Balaban J connectivity index is 2.96. The first-order chi connectivity index (χ1) is 10.7. The lowest BCUT2D eigenvalue weighted by atomic mass is 10.2. The quantitative estimate of drug-likeness (QED) is 0.558. The first kappa shape index (κ1) is 18.5. The standard InChI is InChI=1S/C18H28O4/c1-6-14-11-12-15(21-17(7-2)19-9-4)16(13-14)22-18(8-3)20-10-5/h6,11-13,17-18H,1,7-10H2,2-5H3. The normalized spacial score (nSPS) is 13.5. The van der Waals surface area contributed by atoms with Gasteiger partial charge in [0.15, 0.2) is 24.1 Å². The van der Waals surface area contributed by atoms with Gasteiger partial charge in [-0.25, -0.2) is 0 Å². The largest absolute Gasteiger partial charge is 0.461 e. The first-order valence-electron chi connectivity index (χ1n) is 8.01. The number of benzene rings is 1. The average Bonchev–Trinajstić information content (AvgIpc) is 2.55. The van der Waals surface area contributed by atoms with Crippen molar-refractivity contribution in [1.29, 1.82) is 0 Å². The van der Waals surface area contributed by atoms with Crippen LogP contribution in [0.4, 0.5) is 0 Å². The fraction of sp³-hybridized carbons (Fsp3) is 0.556. The van der Waals surface area contributed by atoms with Gasteiger partial charge in [0.2, 0.25) is 0 Å². The zero-order valence-electron chi connectivity index (χ0n) is 14.1. The summed E-state index contributed by atoms with van der Waals surface area (Å²) in [5.74, 6) is 1.31. The van der Waals surface area contributed by atoms with Crippen molar-refractivity contribution in [1.82, 2.24) is 0 Å². The fourth-order valence-electron chi connectivity index (χ4n) is 1.97. The Morgan fingerprint density at radius 1 is 0.909 bits per heavy atom. The summed E-state index contributed by atoms with van der Waals surface area (Å²) in [5.41, 5.74) is 0.971. The molecule has 124 valence electrons. The van der Waals surface area contributed by atoms with Crippen LogP contribution in [0.2, 0.25) is 0 Å². The molecule has 0 radical (unpaired) electrons. The number of ether oxygens (including phenoxy) is 4. The third-order valence-corrected chi connectivity index (χ3v) is 3.09. The highest BCUT2D eigenvalue weighted by Gasteiger charge is 2.16. The third-order valence-electron chi connectivity index (χ3n) is 3.09. The topological polar surface area (TPSA) is 36.9 Å². The molecule has 0 aliphatic carbocycles. The van der Waals surface area contributed by atoms with Crippen molar-refractivity contribution in [3.05, 3.63) is 30.3 Å². The van der Waals surface area contributed by atoms with Crippen LogP contribution in [0.25, 0.3) is 6.08 Å². The number of hydrogen-bond donors (Lipinski definition) is 0. The third kappa shape index (κ3) is 5.70. The summed E-state index contributed by atoms with van der Waals surface area (Å²) in [6.45, 7) is 12.9. The summed E-state index contributed by atoms with van der Waals surface area (Å²) in [5, 5.41) is 0. The molecule has 0 saturated heterocycles. The minimum absolute atomic E-state index is 0.283. The van der Waals surface area contributed by atoms with Gasteiger partial charge in [0.1, 0.15) is 0 Å². The molecule has 0 bridgehead atoms. The highest BCUT2D eigenvalue weighted by Crippen LogP contribution is 2.31. The lowest BCUT2D eigenvalue weighted by Gasteiger charge is -2.22. The van der Waals surface area contributed by atoms with E-state index in [1.807, 2.05) is 45.9 Å². The minimum atomic E-state index is -0.292. The van der Waals surface area contributed by atoms with Crippen molar-refractivity contribution in [2.75, 3.05) is 13.2 Å². The molecule has 0 saturated carbocycles. The van der Waals surface area contributed by atoms with Crippen molar-refractivity contribution >= 4 is 6.08 Å². The van der Waals surface area contributed by atoms with E-state index >= 15 is 0 Å². The number of hydrogen-bond acceptors (Lipinski definition) is 4. The fourth-order valence-corrected chi connectivity index (χ4v) is 1.97. The van der Waals surface area contributed by atoms with Crippen LogP contribution in [0.5, 0.6) is 11.5 Å². The van der Waals surface area contributed by atoms with E-state index < -0.39 is 0 Å². The molecule has 22 heavy (non-hydrogen) atoms. The van der Waals surface area contributed by atoms with Gasteiger partial charge in [-0.1, -0.05) is 32.6 Å². The number of rotatable bonds is 11. The van der Waals surface area contributed by atoms with E-state index in [-0.39, 0.29) is 12.6 Å². The molecule has 0 aromatic heterocycles. The molecule has 0 heterocycles. The Morgan fingerprint density at radius 2 is 1.45 bits per heavy atom. The Bertz CT molecular complexity index is 445. The second-order valence-electron chi connectivity index (χ2n) is 4.73. The van der Waals surface area contributed by atoms with E-state index in [4.69, 9.17) is 18.9 Å². The second-order valence-corrected chi connectivity index (χ2v) is 4.73. The van der Waals surface area contributed by atoms with Crippen molar-refractivity contribution < 1.29 is 18.9 Å². The summed E-state index contributed by atoms with van der Waals surface area (Å²) in [4.78, 5) is 0. The van der Waals surface area contributed by atoms with Crippen molar-refractivity contribution in [2.24, 2.45) is 0 Å². The molecule has 4 heteroatoms. The second kappa shape index (κ2) is 10.2. The molecule has 0 fully saturated rings. The van der Waals surface area contributed by atoms with Gasteiger partial charge in [-0.2, -0.15) is 0 Å². The van der Waals surface area contributed by atoms with Gasteiger partial charge < -0.3 is 18.9 Å². The first-order valence-corrected chi connectivity index (χ1v) is 8.01. The molecule has 2 unspecified atom stereocenters. The summed E-state index contributed by atoms with van der Waals surface area (Å²) in [6, 6.07) is 5.73. The molecule has 0 N–H and O–H groups in total. The van der Waals surface area contributed by atoms with Crippen LogP contribution in [0.15, 0.2) is 24.8 Å². The predicted molar refractivity (Wildman–Crippen MR) is 89.2 cm³/mol. The molecular weight excluding hydrogens is 280 g/mol. The van der Waals surface area contributed by atoms with Gasteiger partial charge in [0.05, 0.1) is 0 Å². The maximum Gasteiger partial charge on any atom is 0.199 e. The molecule has 0 spiro atoms. The molecular formula is C18H28O4. The van der Waals surface area contributed by atoms with Crippen molar-refractivity contribution in [3.63, 3.8) is 0 Å². The molecule has 2 atom stereocenters. The van der Waals surface area contributed by atoms with E-state index in [1.54, 1.807) is 6.08 Å². The van der Waals surface area contributed by atoms with Crippen LogP contribution in [0.3, 0.4) is 0 Å². The summed E-state index contributed by atoms with van der Waals surface area (Å²) < 4.78 is 23.0.